The van der Waals surface area contributed by atoms with E-state index >= 15 is 0 Å². The van der Waals surface area contributed by atoms with E-state index in [1.54, 1.807) is 12.3 Å². The molecule has 30 heavy (non-hydrogen) atoms. The number of H-pyrrole nitrogens is 2. The number of nitrogens with zero attached hydrogens (tertiary/aromatic N) is 5. The van der Waals surface area contributed by atoms with Crippen LogP contribution >= 0.6 is 23.2 Å². The fraction of sp³-hybridized carbons (Fsp3) is 0.300. The van der Waals surface area contributed by atoms with Crippen LogP contribution in [0.5, 0.6) is 0 Å². The molecule has 1 aliphatic heterocycles. The summed E-state index contributed by atoms with van der Waals surface area (Å²) in [6.07, 6.45) is 3.51. The highest BCUT2D eigenvalue weighted by Gasteiger charge is 2.29. The summed E-state index contributed by atoms with van der Waals surface area (Å²) in [5.74, 6) is 0.762. The van der Waals surface area contributed by atoms with Crippen molar-refractivity contribution in [3.8, 4) is 22.6 Å². The van der Waals surface area contributed by atoms with Crippen LogP contribution < -0.4 is 10.6 Å². The predicted molar refractivity (Wildman–Crippen MR) is 119 cm³/mol. The van der Waals surface area contributed by atoms with E-state index in [-0.39, 0.29) is 5.54 Å². The van der Waals surface area contributed by atoms with E-state index in [1.807, 2.05) is 18.2 Å². The normalized spacial score (nSPS) is 16.3. The maximum Gasteiger partial charge on any atom is 0.177 e. The molecule has 8 nitrogen and oxygen atoms in total. The average molecular weight is 443 g/mol. The first-order valence-electron chi connectivity index (χ1n) is 9.67. The summed E-state index contributed by atoms with van der Waals surface area (Å²) in [6.45, 7) is 3.68. The van der Waals surface area contributed by atoms with E-state index in [1.165, 1.54) is 0 Å². The van der Waals surface area contributed by atoms with Gasteiger partial charge in [0.25, 0.3) is 0 Å². The number of anilines is 1. The standard InChI is InChI=1S/C20H20Cl2N8/c1-20(23)6-9-30(10-7-20)19-16(13-5-8-24-27-13)25-17-15(28-29-18(17)26-19)11-3-2-4-12(21)14(11)22/h2-5,8H,6-7,9-10,23H2,1H3,(H,24,27)(H,26,28,29). The molecule has 0 aliphatic carbocycles. The third kappa shape index (κ3) is 3.30. The van der Waals surface area contributed by atoms with E-state index in [0.717, 1.165) is 31.7 Å². The lowest BCUT2D eigenvalue weighted by Crippen LogP contribution is -2.48. The maximum atomic E-state index is 6.43. The summed E-state index contributed by atoms with van der Waals surface area (Å²) >= 11 is 12.6. The number of nitrogens with one attached hydrogen (secondary N) is 2. The number of fused-ring (bicyclic) bond motifs is 1. The summed E-state index contributed by atoms with van der Waals surface area (Å²) in [7, 11) is 0. The fourth-order valence-electron chi connectivity index (χ4n) is 3.72. The minimum absolute atomic E-state index is 0.162. The van der Waals surface area contributed by atoms with Gasteiger partial charge in [0, 0.05) is 30.4 Å². The maximum absolute atomic E-state index is 6.43. The van der Waals surface area contributed by atoms with Gasteiger partial charge < -0.3 is 10.6 Å². The van der Waals surface area contributed by atoms with Crippen molar-refractivity contribution < 1.29 is 0 Å². The molecule has 1 fully saturated rings. The predicted octanol–water partition coefficient (Wildman–Crippen LogP) is 4.03. The van der Waals surface area contributed by atoms with Crippen molar-refractivity contribution in [1.29, 1.82) is 0 Å². The summed E-state index contributed by atoms with van der Waals surface area (Å²) in [5, 5.41) is 15.5. The molecule has 5 rings (SSSR count). The van der Waals surface area contributed by atoms with Crippen LogP contribution in [0.15, 0.2) is 30.5 Å². The Hall–Kier alpha value is -2.68. The number of hydrogen-bond acceptors (Lipinski definition) is 6. The lowest BCUT2D eigenvalue weighted by atomic mass is 9.91. The second-order valence-electron chi connectivity index (χ2n) is 7.87. The molecule has 0 spiro atoms. The van der Waals surface area contributed by atoms with Gasteiger partial charge in [0.1, 0.15) is 22.6 Å². The van der Waals surface area contributed by atoms with Crippen molar-refractivity contribution >= 4 is 40.2 Å². The number of aromatic amines is 2. The Morgan fingerprint density at radius 3 is 2.60 bits per heavy atom. The molecular formula is C20H20Cl2N8. The van der Waals surface area contributed by atoms with E-state index in [9.17, 15) is 0 Å². The van der Waals surface area contributed by atoms with Crippen molar-refractivity contribution in [3.63, 3.8) is 0 Å². The van der Waals surface area contributed by atoms with E-state index in [4.69, 9.17) is 38.9 Å². The second-order valence-corrected chi connectivity index (χ2v) is 8.65. The number of hydrogen-bond donors (Lipinski definition) is 3. The molecule has 3 aromatic heterocycles. The number of aromatic nitrogens is 6. The van der Waals surface area contributed by atoms with Crippen molar-refractivity contribution in [2.45, 2.75) is 25.3 Å². The fourth-order valence-corrected chi connectivity index (χ4v) is 4.11. The van der Waals surface area contributed by atoms with Crippen molar-refractivity contribution in [2.75, 3.05) is 18.0 Å². The van der Waals surface area contributed by atoms with Crippen molar-refractivity contribution in [3.05, 3.63) is 40.5 Å². The van der Waals surface area contributed by atoms with Gasteiger partial charge in [0.05, 0.1) is 10.0 Å². The molecule has 154 valence electrons. The Labute approximate surface area is 182 Å². The van der Waals surface area contributed by atoms with Crippen LogP contribution in [0.3, 0.4) is 0 Å². The Bertz CT molecular complexity index is 1210. The molecule has 4 heterocycles. The van der Waals surface area contributed by atoms with E-state index < -0.39 is 0 Å². The SMILES string of the molecule is CC1(N)CCN(c2nc3[nH]nc(-c4cccc(Cl)c4Cl)c3nc2-c2cc[nH]n2)CC1. The Morgan fingerprint density at radius 1 is 1.07 bits per heavy atom. The zero-order valence-electron chi connectivity index (χ0n) is 16.3. The van der Waals surface area contributed by atoms with Crippen molar-refractivity contribution in [1.82, 2.24) is 30.4 Å². The van der Waals surface area contributed by atoms with E-state index in [2.05, 4.69) is 32.2 Å². The third-order valence-corrected chi connectivity index (χ3v) is 6.35. The summed E-state index contributed by atoms with van der Waals surface area (Å²) in [5.41, 5.74) is 10.0. The van der Waals surface area contributed by atoms with Crippen LogP contribution in [-0.2, 0) is 0 Å². The first-order chi connectivity index (χ1) is 14.4. The van der Waals surface area contributed by atoms with Gasteiger partial charge in [0.2, 0.25) is 0 Å². The minimum atomic E-state index is -0.162. The lowest BCUT2D eigenvalue weighted by Gasteiger charge is -2.37. The molecule has 0 bridgehead atoms. The molecule has 0 radical (unpaired) electrons. The Morgan fingerprint density at radius 2 is 1.87 bits per heavy atom. The Kier molecular flexibility index (Phi) is 4.65. The number of rotatable bonds is 3. The first-order valence-corrected chi connectivity index (χ1v) is 10.4. The van der Waals surface area contributed by atoms with Gasteiger partial charge in [0.15, 0.2) is 11.5 Å². The monoisotopic (exact) mass is 442 g/mol. The molecule has 0 saturated carbocycles. The molecular weight excluding hydrogens is 423 g/mol. The molecule has 4 N–H and O–H groups in total. The van der Waals surface area contributed by atoms with Crippen LogP contribution in [0, 0.1) is 0 Å². The van der Waals surface area contributed by atoms with Gasteiger partial charge in [-0.2, -0.15) is 10.2 Å². The molecule has 1 aliphatic rings. The molecule has 1 aromatic carbocycles. The lowest BCUT2D eigenvalue weighted by molar-refractivity contribution is 0.363. The van der Waals surface area contributed by atoms with Gasteiger partial charge in [-0.25, -0.2) is 9.97 Å². The Balaban J connectivity index is 1.67. The largest absolute Gasteiger partial charge is 0.355 e. The highest BCUT2D eigenvalue weighted by Crippen LogP contribution is 2.37. The number of benzene rings is 1. The van der Waals surface area contributed by atoms with Gasteiger partial charge >= 0.3 is 0 Å². The summed E-state index contributed by atoms with van der Waals surface area (Å²) < 4.78 is 0. The average Bonchev–Trinajstić information content (AvgIpc) is 3.39. The van der Waals surface area contributed by atoms with Crippen LogP contribution in [0.25, 0.3) is 33.8 Å². The number of halogens is 2. The second kappa shape index (κ2) is 7.23. The van der Waals surface area contributed by atoms with Crippen LogP contribution in [-0.4, -0.2) is 49.0 Å². The topological polar surface area (TPSA) is 112 Å². The van der Waals surface area contributed by atoms with Crippen LogP contribution in [0.2, 0.25) is 10.0 Å². The minimum Gasteiger partial charge on any atom is -0.355 e. The molecule has 0 atom stereocenters. The molecule has 1 saturated heterocycles. The smallest absolute Gasteiger partial charge is 0.177 e. The molecule has 4 aromatic rings. The van der Waals surface area contributed by atoms with Crippen LogP contribution in [0.4, 0.5) is 5.82 Å². The quantitative estimate of drug-likeness (QED) is 0.441. The first kappa shape index (κ1) is 19.3. The van der Waals surface area contributed by atoms with E-state index in [0.29, 0.717) is 43.9 Å². The van der Waals surface area contributed by atoms with Crippen LogP contribution in [0.1, 0.15) is 19.8 Å². The molecule has 10 heteroatoms. The number of piperidine rings is 1. The summed E-state index contributed by atoms with van der Waals surface area (Å²) in [6, 6.07) is 7.31. The van der Waals surface area contributed by atoms with Gasteiger partial charge in [-0.05, 0) is 31.9 Å². The highest BCUT2D eigenvalue weighted by atomic mass is 35.5. The highest BCUT2D eigenvalue weighted by molar-refractivity contribution is 6.43. The zero-order valence-corrected chi connectivity index (χ0v) is 17.8. The van der Waals surface area contributed by atoms with Gasteiger partial charge in [-0.15, -0.1) is 0 Å². The molecule has 0 unspecified atom stereocenters. The number of nitrogens with two attached hydrogens (primary N) is 1. The zero-order chi connectivity index (χ0) is 20.9. The summed E-state index contributed by atoms with van der Waals surface area (Å²) in [4.78, 5) is 12.0. The molecule has 0 amide bonds. The third-order valence-electron chi connectivity index (χ3n) is 5.53. The van der Waals surface area contributed by atoms with Gasteiger partial charge in [-0.3, -0.25) is 10.2 Å². The van der Waals surface area contributed by atoms with Crippen molar-refractivity contribution in [2.24, 2.45) is 5.73 Å². The van der Waals surface area contributed by atoms with Gasteiger partial charge in [-0.1, -0.05) is 35.3 Å².